The summed E-state index contributed by atoms with van der Waals surface area (Å²) >= 11 is 1.56. The Morgan fingerprint density at radius 1 is 1.21 bits per heavy atom. The number of rotatable bonds is 6. The van der Waals surface area contributed by atoms with Gasteiger partial charge in [0.2, 0.25) is 0 Å². The highest BCUT2D eigenvalue weighted by atomic mass is 32.1. The average Bonchev–Trinajstić information content (AvgIpc) is 3.46. The lowest BCUT2D eigenvalue weighted by molar-refractivity contribution is 0.0697. The van der Waals surface area contributed by atoms with Crippen molar-refractivity contribution in [1.82, 2.24) is 4.98 Å². The number of nitrogens with one attached hydrogen (secondary N) is 1. The fourth-order valence-electron chi connectivity index (χ4n) is 2.91. The van der Waals surface area contributed by atoms with E-state index in [2.05, 4.69) is 16.4 Å². The number of anilines is 1. The fraction of sp³-hybridized carbons (Fsp3) is 0.0455. The molecule has 1 aromatic carbocycles. The Hall–Kier alpha value is -3.89. The minimum atomic E-state index is -0.968. The maximum absolute atomic E-state index is 11.0. The van der Waals surface area contributed by atoms with E-state index in [4.69, 9.17) is 9.52 Å². The first-order chi connectivity index (χ1) is 14.2. The number of carbonyl (C=O) groups is 1. The van der Waals surface area contributed by atoms with Gasteiger partial charge in [0.1, 0.15) is 23.2 Å². The first-order valence-electron chi connectivity index (χ1n) is 8.74. The zero-order valence-corrected chi connectivity index (χ0v) is 15.9. The monoisotopic (exact) mass is 401 g/mol. The van der Waals surface area contributed by atoms with Crippen molar-refractivity contribution in [2.45, 2.75) is 6.54 Å². The van der Waals surface area contributed by atoms with Crippen molar-refractivity contribution in [3.63, 3.8) is 0 Å². The van der Waals surface area contributed by atoms with Gasteiger partial charge in [0.15, 0.2) is 0 Å². The first-order valence-corrected chi connectivity index (χ1v) is 9.62. The molecule has 0 aliphatic carbocycles. The van der Waals surface area contributed by atoms with Crippen molar-refractivity contribution in [3.05, 3.63) is 82.9 Å². The van der Waals surface area contributed by atoms with Crippen molar-refractivity contribution in [3.8, 4) is 28.0 Å². The number of aromatic nitrogens is 1. The highest BCUT2D eigenvalue weighted by Gasteiger charge is 2.17. The van der Waals surface area contributed by atoms with Gasteiger partial charge in [-0.1, -0.05) is 18.2 Å². The number of nitriles is 1. The Morgan fingerprint density at radius 2 is 2.03 bits per heavy atom. The van der Waals surface area contributed by atoms with Gasteiger partial charge >= 0.3 is 5.97 Å². The van der Waals surface area contributed by atoms with E-state index in [-0.39, 0.29) is 5.56 Å². The topological polar surface area (TPSA) is 99.2 Å². The maximum atomic E-state index is 11.0. The van der Waals surface area contributed by atoms with Crippen LogP contribution in [0.1, 0.15) is 21.5 Å². The summed E-state index contributed by atoms with van der Waals surface area (Å²) in [7, 11) is 0. The number of furan rings is 1. The molecule has 0 spiro atoms. The molecule has 6 nitrogen and oxygen atoms in total. The van der Waals surface area contributed by atoms with Crippen molar-refractivity contribution >= 4 is 23.1 Å². The molecule has 3 heterocycles. The van der Waals surface area contributed by atoms with Crippen molar-refractivity contribution < 1.29 is 14.3 Å². The number of aromatic carboxylic acids is 1. The summed E-state index contributed by atoms with van der Waals surface area (Å²) in [5, 5.41) is 24.0. The zero-order chi connectivity index (χ0) is 20.2. The van der Waals surface area contributed by atoms with E-state index in [9.17, 15) is 10.1 Å². The predicted octanol–water partition coefficient (Wildman–Crippen LogP) is 5.25. The van der Waals surface area contributed by atoms with E-state index >= 15 is 0 Å². The third-order valence-electron chi connectivity index (χ3n) is 4.35. The molecule has 7 heteroatoms. The molecule has 29 heavy (non-hydrogen) atoms. The van der Waals surface area contributed by atoms with E-state index in [0.717, 1.165) is 16.1 Å². The molecular weight excluding hydrogens is 386 g/mol. The van der Waals surface area contributed by atoms with Crippen LogP contribution in [0.25, 0.3) is 21.9 Å². The second-order valence-electron chi connectivity index (χ2n) is 6.20. The van der Waals surface area contributed by atoms with Gasteiger partial charge in [0, 0.05) is 12.1 Å². The van der Waals surface area contributed by atoms with Gasteiger partial charge in [-0.05, 0) is 47.3 Å². The van der Waals surface area contributed by atoms with Crippen LogP contribution in [0.3, 0.4) is 0 Å². The van der Waals surface area contributed by atoms with E-state index in [1.54, 1.807) is 47.9 Å². The summed E-state index contributed by atoms with van der Waals surface area (Å²) in [5.74, 6) is 0.0763. The Labute approximate surface area is 170 Å². The average molecular weight is 401 g/mol. The van der Waals surface area contributed by atoms with Crippen LogP contribution in [0.15, 0.2) is 70.7 Å². The smallest absolute Gasteiger partial charge is 0.335 e. The molecule has 0 saturated carbocycles. The molecule has 2 N–H and O–H groups in total. The zero-order valence-electron chi connectivity index (χ0n) is 15.1. The third-order valence-corrected chi connectivity index (χ3v) is 5.24. The van der Waals surface area contributed by atoms with Crippen molar-refractivity contribution in [1.29, 1.82) is 5.26 Å². The van der Waals surface area contributed by atoms with E-state index in [1.807, 2.05) is 29.6 Å². The molecule has 0 atom stereocenters. The molecular formula is C22H15N3O3S. The summed E-state index contributed by atoms with van der Waals surface area (Å²) < 4.78 is 5.53. The van der Waals surface area contributed by atoms with Crippen LogP contribution in [0, 0.1) is 11.3 Å². The molecule has 0 bridgehead atoms. The highest BCUT2D eigenvalue weighted by molar-refractivity contribution is 7.13. The molecule has 0 amide bonds. The second-order valence-corrected chi connectivity index (χ2v) is 7.15. The fourth-order valence-corrected chi connectivity index (χ4v) is 3.60. The van der Waals surface area contributed by atoms with Gasteiger partial charge in [0.05, 0.1) is 22.4 Å². The molecule has 0 aliphatic rings. The standard InChI is InChI=1S/C22H15N3O3S/c23-12-17-16(19-3-1-9-28-19)11-18(20-4-2-10-29-20)25-21(17)24-13-14-5-7-15(8-6-14)22(26)27/h1-11H,13H2,(H,24,25)(H,26,27). The summed E-state index contributed by atoms with van der Waals surface area (Å²) in [6.45, 7) is 0.396. The molecule has 4 rings (SSSR count). The number of hydrogen-bond acceptors (Lipinski definition) is 6. The number of benzene rings is 1. The Morgan fingerprint density at radius 3 is 2.66 bits per heavy atom. The van der Waals surface area contributed by atoms with Gasteiger partial charge in [-0.3, -0.25) is 0 Å². The van der Waals surface area contributed by atoms with Crippen LogP contribution in [-0.2, 0) is 6.54 Å². The summed E-state index contributed by atoms with van der Waals surface area (Å²) in [5.41, 5.74) is 2.90. The number of pyridine rings is 1. The van der Waals surface area contributed by atoms with Gasteiger partial charge in [-0.15, -0.1) is 11.3 Å². The number of thiophene rings is 1. The van der Waals surface area contributed by atoms with Gasteiger partial charge < -0.3 is 14.8 Å². The molecule has 0 radical (unpaired) electrons. The third kappa shape index (κ3) is 3.88. The molecule has 0 fully saturated rings. The van der Waals surface area contributed by atoms with E-state index in [0.29, 0.717) is 29.2 Å². The number of carboxylic acid groups (broad SMARTS) is 1. The molecule has 0 unspecified atom stereocenters. The molecule has 0 saturated heterocycles. The van der Waals surface area contributed by atoms with E-state index < -0.39 is 5.97 Å². The highest BCUT2D eigenvalue weighted by Crippen LogP contribution is 2.34. The number of nitrogens with zero attached hydrogens (tertiary/aromatic N) is 2. The lowest BCUT2D eigenvalue weighted by atomic mass is 10.1. The maximum Gasteiger partial charge on any atom is 0.335 e. The normalized spacial score (nSPS) is 10.4. The van der Waals surface area contributed by atoms with Gasteiger partial charge in [-0.2, -0.15) is 5.26 Å². The lowest BCUT2D eigenvalue weighted by Gasteiger charge is -2.12. The SMILES string of the molecule is N#Cc1c(-c2ccco2)cc(-c2cccs2)nc1NCc1ccc(C(=O)O)cc1. The number of hydrogen-bond donors (Lipinski definition) is 2. The molecule has 142 valence electrons. The van der Waals surface area contributed by atoms with E-state index in [1.165, 1.54) is 0 Å². The minimum Gasteiger partial charge on any atom is -0.478 e. The molecule has 3 aromatic heterocycles. The van der Waals surface area contributed by atoms with Crippen LogP contribution >= 0.6 is 11.3 Å². The Kier molecular flexibility index (Phi) is 5.10. The largest absolute Gasteiger partial charge is 0.478 e. The Balaban J connectivity index is 1.71. The predicted molar refractivity (Wildman–Crippen MR) is 111 cm³/mol. The molecule has 0 aliphatic heterocycles. The lowest BCUT2D eigenvalue weighted by Crippen LogP contribution is -2.06. The number of carboxylic acids is 1. The van der Waals surface area contributed by atoms with Gasteiger partial charge in [-0.25, -0.2) is 9.78 Å². The Bertz CT molecular complexity index is 1180. The summed E-state index contributed by atoms with van der Waals surface area (Å²) in [4.78, 5) is 16.6. The van der Waals surface area contributed by atoms with Crippen LogP contribution in [0.2, 0.25) is 0 Å². The summed E-state index contributed by atoms with van der Waals surface area (Å²) in [6.07, 6.45) is 1.57. The second kappa shape index (κ2) is 8.00. The van der Waals surface area contributed by atoms with Crippen LogP contribution in [-0.4, -0.2) is 16.1 Å². The van der Waals surface area contributed by atoms with Crippen LogP contribution < -0.4 is 5.32 Å². The van der Waals surface area contributed by atoms with Crippen molar-refractivity contribution in [2.75, 3.05) is 5.32 Å². The molecule has 4 aromatic rings. The quantitative estimate of drug-likeness (QED) is 0.458. The van der Waals surface area contributed by atoms with Crippen LogP contribution in [0.4, 0.5) is 5.82 Å². The minimum absolute atomic E-state index is 0.226. The van der Waals surface area contributed by atoms with Gasteiger partial charge in [0.25, 0.3) is 0 Å². The van der Waals surface area contributed by atoms with Crippen LogP contribution in [0.5, 0.6) is 0 Å². The summed E-state index contributed by atoms with van der Waals surface area (Å²) in [6, 6.07) is 18.2. The van der Waals surface area contributed by atoms with Crippen molar-refractivity contribution in [2.24, 2.45) is 0 Å². The first kappa shape index (κ1) is 18.5.